The fraction of sp³-hybridized carbons (Fsp3) is 0.296. The second-order valence-corrected chi connectivity index (χ2v) is 8.46. The van der Waals surface area contributed by atoms with Gasteiger partial charge >= 0.3 is 0 Å². The lowest BCUT2D eigenvalue weighted by Gasteiger charge is -2.29. The van der Waals surface area contributed by atoms with E-state index < -0.39 is 0 Å². The van der Waals surface area contributed by atoms with Crippen LogP contribution in [0.5, 0.6) is 5.75 Å². The largest absolute Gasteiger partial charge is 0.490 e. The van der Waals surface area contributed by atoms with Crippen molar-refractivity contribution in [1.82, 2.24) is 15.0 Å². The van der Waals surface area contributed by atoms with E-state index in [4.69, 9.17) is 9.47 Å². The molecule has 4 rings (SSSR count). The minimum atomic E-state index is -0.218. The third kappa shape index (κ3) is 6.06. The summed E-state index contributed by atoms with van der Waals surface area (Å²) >= 11 is 0. The number of benzene rings is 1. The first kappa shape index (κ1) is 26.6. The first-order valence-electron chi connectivity index (χ1n) is 12.3. The molecule has 0 unspecified atom stereocenters. The van der Waals surface area contributed by atoms with E-state index in [0.717, 1.165) is 18.9 Å². The van der Waals surface area contributed by atoms with Crippen LogP contribution in [0.25, 0.3) is 0 Å². The lowest BCUT2D eigenvalue weighted by molar-refractivity contribution is -0.114. The smallest absolute Gasteiger partial charge is 0.250 e. The van der Waals surface area contributed by atoms with E-state index in [-0.39, 0.29) is 11.7 Å². The summed E-state index contributed by atoms with van der Waals surface area (Å²) in [5.74, 6) is 1.65. The number of carbonyl (C=O) groups is 2. The van der Waals surface area contributed by atoms with Crippen molar-refractivity contribution in [3.05, 3.63) is 60.9 Å². The third-order valence-corrected chi connectivity index (χ3v) is 5.97. The van der Waals surface area contributed by atoms with Gasteiger partial charge in [-0.25, -0.2) is 9.97 Å². The van der Waals surface area contributed by atoms with Crippen molar-refractivity contribution in [3.8, 4) is 5.75 Å². The number of hydrogen-bond acceptors (Lipinski definition) is 10. The Morgan fingerprint density at radius 2 is 2.00 bits per heavy atom. The fourth-order valence-electron chi connectivity index (χ4n) is 3.98. The Labute approximate surface area is 221 Å². The Bertz CT molecular complexity index is 1310. The van der Waals surface area contributed by atoms with Gasteiger partial charge in [0.1, 0.15) is 24.0 Å². The second kappa shape index (κ2) is 12.2. The van der Waals surface area contributed by atoms with Gasteiger partial charge in [-0.15, -0.1) is 0 Å². The molecule has 2 N–H and O–H groups in total. The van der Waals surface area contributed by atoms with Gasteiger partial charge in [-0.1, -0.05) is 6.58 Å². The van der Waals surface area contributed by atoms with Crippen LogP contribution in [0.4, 0.5) is 34.6 Å². The molecule has 11 nitrogen and oxygen atoms in total. The molecule has 1 amide bonds. The first-order chi connectivity index (χ1) is 18.4. The summed E-state index contributed by atoms with van der Waals surface area (Å²) in [6.45, 7) is 10.1. The van der Waals surface area contributed by atoms with E-state index in [0.29, 0.717) is 59.9 Å². The highest BCUT2D eigenvalue weighted by Gasteiger charge is 2.23. The molecule has 0 saturated carbocycles. The third-order valence-electron chi connectivity index (χ3n) is 5.97. The molecular weight excluding hydrogens is 486 g/mol. The Hall–Kier alpha value is -4.51. The van der Waals surface area contributed by atoms with Gasteiger partial charge in [0.2, 0.25) is 5.95 Å². The number of methoxy groups -OCH3 is 1. The lowest BCUT2D eigenvalue weighted by atomic mass is 10.2. The predicted molar refractivity (Wildman–Crippen MR) is 147 cm³/mol. The molecule has 0 spiro atoms. The van der Waals surface area contributed by atoms with E-state index in [1.165, 1.54) is 19.2 Å². The van der Waals surface area contributed by atoms with Gasteiger partial charge in [0.05, 0.1) is 36.3 Å². The number of rotatable bonds is 11. The quantitative estimate of drug-likeness (QED) is 0.286. The molecule has 3 aromatic rings. The highest BCUT2D eigenvalue weighted by atomic mass is 16.5. The van der Waals surface area contributed by atoms with Gasteiger partial charge in [-0.3, -0.25) is 9.59 Å². The van der Waals surface area contributed by atoms with Crippen LogP contribution in [0.15, 0.2) is 55.4 Å². The van der Waals surface area contributed by atoms with Crippen molar-refractivity contribution in [1.29, 1.82) is 0 Å². The summed E-state index contributed by atoms with van der Waals surface area (Å²) in [6.07, 6.45) is 4.45. The Kier molecular flexibility index (Phi) is 8.49. The fourth-order valence-corrected chi connectivity index (χ4v) is 3.98. The number of nitrogens with zero attached hydrogens (tertiary/aromatic N) is 5. The maximum absolute atomic E-state index is 12.3. The molecule has 0 atom stereocenters. The zero-order valence-corrected chi connectivity index (χ0v) is 21.7. The SMILES string of the molecule is C=CC(=O)N1CCOc2ccc(Nc3nc(Nc4ccc(N(CC)CCOC)nc4)ncc3C(C)=O)cc21. The van der Waals surface area contributed by atoms with Crippen LogP contribution >= 0.6 is 0 Å². The lowest BCUT2D eigenvalue weighted by Crippen LogP contribution is -2.36. The summed E-state index contributed by atoms with van der Waals surface area (Å²) in [5, 5.41) is 6.33. The van der Waals surface area contributed by atoms with Crippen molar-refractivity contribution in [3.63, 3.8) is 0 Å². The topological polar surface area (TPSA) is 122 Å². The van der Waals surface area contributed by atoms with E-state index in [2.05, 4.69) is 44.0 Å². The maximum Gasteiger partial charge on any atom is 0.250 e. The van der Waals surface area contributed by atoms with Gasteiger partial charge in [-0.05, 0) is 50.3 Å². The highest BCUT2D eigenvalue weighted by molar-refractivity contribution is 6.03. The average Bonchev–Trinajstić information content (AvgIpc) is 2.93. The summed E-state index contributed by atoms with van der Waals surface area (Å²) in [7, 11) is 1.67. The van der Waals surface area contributed by atoms with E-state index >= 15 is 0 Å². The Morgan fingerprint density at radius 1 is 1.18 bits per heavy atom. The van der Waals surface area contributed by atoms with Gasteiger partial charge < -0.3 is 29.9 Å². The number of hydrogen-bond donors (Lipinski definition) is 2. The van der Waals surface area contributed by atoms with Crippen LogP contribution in [0.2, 0.25) is 0 Å². The minimum absolute atomic E-state index is 0.189. The number of carbonyl (C=O) groups excluding carboxylic acids is 2. The number of likely N-dealkylation sites (N-methyl/N-ethyl adjacent to an activating group) is 1. The molecule has 0 saturated heterocycles. The van der Waals surface area contributed by atoms with Crippen molar-refractivity contribution >= 4 is 46.3 Å². The molecule has 38 heavy (non-hydrogen) atoms. The molecule has 1 aliphatic rings. The number of ether oxygens (including phenoxy) is 2. The second-order valence-electron chi connectivity index (χ2n) is 8.46. The number of anilines is 6. The standard InChI is InChI=1S/C27H31N7O4/c1-5-25(36)34-12-14-38-23-9-7-19(15-22(23)34)30-26-21(18(3)35)17-29-27(32-26)31-20-8-10-24(28-16-20)33(6-2)11-13-37-4/h5,7-10,15-17H,1,6,11-14H2,2-4H3,(H2,29,30,31,32). The summed E-state index contributed by atoms with van der Waals surface area (Å²) in [4.78, 5) is 41.7. The van der Waals surface area contributed by atoms with Crippen LogP contribution in [-0.2, 0) is 9.53 Å². The summed E-state index contributed by atoms with van der Waals surface area (Å²) in [5.41, 5.74) is 2.27. The molecule has 3 heterocycles. The predicted octanol–water partition coefficient (Wildman–Crippen LogP) is 3.95. The van der Waals surface area contributed by atoms with E-state index in [1.54, 1.807) is 36.4 Å². The first-order valence-corrected chi connectivity index (χ1v) is 12.3. The summed E-state index contributed by atoms with van der Waals surface area (Å²) in [6, 6.07) is 9.15. The van der Waals surface area contributed by atoms with E-state index in [9.17, 15) is 9.59 Å². The molecular formula is C27H31N7O4. The van der Waals surface area contributed by atoms with Crippen LogP contribution in [-0.4, -0.2) is 66.6 Å². The molecule has 0 aliphatic carbocycles. The molecule has 0 fully saturated rings. The average molecular weight is 518 g/mol. The van der Waals surface area contributed by atoms with Gasteiger partial charge in [0.25, 0.3) is 5.91 Å². The molecule has 198 valence electrons. The number of pyridine rings is 1. The minimum Gasteiger partial charge on any atom is -0.490 e. The highest BCUT2D eigenvalue weighted by Crippen LogP contribution is 2.35. The van der Waals surface area contributed by atoms with Crippen LogP contribution in [0.3, 0.4) is 0 Å². The maximum atomic E-state index is 12.3. The molecule has 0 radical (unpaired) electrons. The molecule has 1 aliphatic heterocycles. The molecule has 2 aromatic heterocycles. The molecule has 1 aromatic carbocycles. The number of amides is 1. The number of Topliss-reactive ketones (excluding diaryl/α,β-unsaturated/α-hetero) is 1. The summed E-state index contributed by atoms with van der Waals surface area (Å²) < 4.78 is 10.9. The normalized spacial score (nSPS) is 12.2. The van der Waals surface area contributed by atoms with Gasteiger partial charge in [0, 0.05) is 32.1 Å². The monoisotopic (exact) mass is 517 g/mol. The van der Waals surface area contributed by atoms with Crippen molar-refractivity contribution < 1.29 is 19.1 Å². The van der Waals surface area contributed by atoms with Crippen molar-refractivity contribution in [2.45, 2.75) is 13.8 Å². The molecule has 11 heteroatoms. The number of fused-ring (bicyclic) bond motifs is 1. The zero-order chi connectivity index (χ0) is 27.1. The van der Waals surface area contributed by atoms with Crippen LogP contribution in [0, 0.1) is 0 Å². The van der Waals surface area contributed by atoms with Crippen LogP contribution < -0.4 is 25.2 Å². The zero-order valence-electron chi connectivity index (χ0n) is 21.7. The number of aromatic nitrogens is 3. The van der Waals surface area contributed by atoms with Gasteiger partial charge in [0.15, 0.2) is 5.78 Å². The Morgan fingerprint density at radius 3 is 2.68 bits per heavy atom. The Balaban J connectivity index is 1.56. The number of nitrogens with one attached hydrogen (secondary N) is 2. The van der Waals surface area contributed by atoms with Gasteiger partial charge in [-0.2, -0.15) is 4.98 Å². The van der Waals surface area contributed by atoms with E-state index in [1.807, 2.05) is 12.1 Å². The number of ketones is 1. The van der Waals surface area contributed by atoms with Crippen LogP contribution in [0.1, 0.15) is 24.2 Å². The van der Waals surface area contributed by atoms with Crippen molar-refractivity contribution in [2.75, 3.05) is 60.4 Å². The molecule has 0 bridgehead atoms. The van der Waals surface area contributed by atoms with Crippen molar-refractivity contribution in [2.24, 2.45) is 0 Å².